The summed E-state index contributed by atoms with van der Waals surface area (Å²) >= 11 is 0.111. The van der Waals surface area contributed by atoms with Gasteiger partial charge in [-0.15, -0.1) is 0 Å². The van der Waals surface area contributed by atoms with Gasteiger partial charge in [-0.2, -0.15) is 0 Å². The molecule has 0 aliphatic rings. The Balaban J connectivity index is 0. The van der Waals surface area contributed by atoms with Crippen LogP contribution in [0.25, 0.3) is 0 Å². The zero-order valence-electron chi connectivity index (χ0n) is 6.48. The van der Waals surface area contributed by atoms with Crippen LogP contribution in [0.2, 0.25) is 5.54 Å². The third-order valence-corrected chi connectivity index (χ3v) is 2.36. The number of aliphatic carboxylic acids is 1. The molecule has 0 aromatic heterocycles. The number of hydrogen-bond acceptors (Lipinski definition) is 1. The van der Waals surface area contributed by atoms with Gasteiger partial charge in [-0.05, 0) is 0 Å². The van der Waals surface area contributed by atoms with Crippen molar-refractivity contribution in [1.82, 2.24) is 0 Å². The Hall–Kier alpha value is 0.730. The molecule has 0 spiro atoms. The van der Waals surface area contributed by atoms with Gasteiger partial charge in [0.25, 0.3) is 0 Å². The Morgan fingerprint density at radius 2 is 1.78 bits per heavy atom. The fourth-order valence-electron chi connectivity index (χ4n) is 0. The van der Waals surface area contributed by atoms with Crippen LogP contribution < -0.4 is 0 Å². The van der Waals surface area contributed by atoms with Gasteiger partial charge in [-0.25, -0.2) is 0 Å². The molecule has 0 unspecified atom stereocenters. The van der Waals surface area contributed by atoms with Gasteiger partial charge in [0.05, 0.1) is 0 Å². The molecule has 0 aromatic carbocycles. The minimum atomic E-state index is -0.745. The van der Waals surface area contributed by atoms with E-state index in [1.165, 1.54) is 2.52 Å². The van der Waals surface area contributed by atoms with Gasteiger partial charge in [0.1, 0.15) is 0 Å². The van der Waals surface area contributed by atoms with E-state index >= 15 is 0 Å². The fraction of sp³-hybridized carbons (Fsp3) is 0.833. The van der Waals surface area contributed by atoms with Crippen LogP contribution in [0.15, 0.2) is 0 Å². The first-order valence-electron chi connectivity index (χ1n) is 3.40. The SMILES string of the molecule is CCC(=O)O.C[CH2][Ca][CH3]. The first-order chi connectivity index (χ1) is 4.18. The first-order valence-corrected chi connectivity index (χ1v) is 7.17. The number of rotatable bonds is 2. The van der Waals surface area contributed by atoms with Gasteiger partial charge in [0.2, 0.25) is 0 Å². The molecule has 0 radical (unpaired) electrons. The predicted octanol–water partition coefficient (Wildman–Crippen LogP) is 1.66. The number of carboxylic acid groups (broad SMARTS) is 1. The summed E-state index contributed by atoms with van der Waals surface area (Å²) in [5.74, 6) is -0.745. The molecule has 0 aromatic rings. The molecule has 1 N–H and O–H groups in total. The monoisotopic (exact) mass is 158 g/mol. The van der Waals surface area contributed by atoms with Gasteiger partial charge in [-0.1, -0.05) is 6.92 Å². The van der Waals surface area contributed by atoms with Crippen molar-refractivity contribution in [3.63, 3.8) is 0 Å². The van der Waals surface area contributed by atoms with E-state index in [1.807, 2.05) is 0 Å². The molecule has 0 amide bonds. The summed E-state index contributed by atoms with van der Waals surface area (Å²) in [6.07, 6.45) is 0.222. The van der Waals surface area contributed by atoms with E-state index < -0.39 is 5.97 Å². The molecule has 0 atom stereocenters. The standard InChI is InChI=1S/C3H6O2.C2H5.CH3.Ca/c1-2-3(4)5;1-2;;/h2H2,1H3,(H,4,5);1H2,2H3;1H3;. The van der Waals surface area contributed by atoms with Crippen molar-refractivity contribution in [2.75, 3.05) is 0 Å². The van der Waals surface area contributed by atoms with Crippen molar-refractivity contribution in [2.45, 2.75) is 25.8 Å². The summed E-state index contributed by atoms with van der Waals surface area (Å²) in [7, 11) is 0. The molecular formula is C6H14CaO2. The molecule has 9 heavy (non-hydrogen) atoms. The average molecular weight is 158 g/mol. The first kappa shape index (κ1) is 12.4. The van der Waals surface area contributed by atoms with Crippen LogP contribution >= 0.6 is 0 Å². The van der Waals surface area contributed by atoms with Crippen molar-refractivity contribution >= 4 is 39.8 Å². The van der Waals surface area contributed by atoms with Crippen LogP contribution in [-0.4, -0.2) is 44.9 Å². The van der Waals surface area contributed by atoms with Crippen LogP contribution in [-0.2, 0) is 4.79 Å². The second-order valence-corrected chi connectivity index (χ2v) is 4.87. The van der Waals surface area contributed by atoms with E-state index in [4.69, 9.17) is 5.11 Å². The zero-order valence-corrected chi connectivity index (χ0v) is 8.69. The average Bonchev–Trinajstić information content (AvgIpc) is 1.89. The van der Waals surface area contributed by atoms with E-state index in [2.05, 4.69) is 9.94 Å². The molecule has 0 aliphatic heterocycles. The van der Waals surface area contributed by atoms with Crippen molar-refractivity contribution in [2.24, 2.45) is 0 Å². The molecular weight excluding hydrogens is 144 g/mol. The molecule has 0 heterocycles. The fourth-order valence-corrected chi connectivity index (χ4v) is 0. The summed E-state index contributed by atoms with van der Waals surface area (Å²) < 4.78 is 3.88. The molecule has 3 heteroatoms. The van der Waals surface area contributed by atoms with E-state index in [0.717, 1.165) is 0 Å². The van der Waals surface area contributed by atoms with Crippen molar-refractivity contribution in [1.29, 1.82) is 0 Å². The van der Waals surface area contributed by atoms with Crippen LogP contribution in [0.4, 0.5) is 0 Å². The third kappa shape index (κ3) is 28.4. The van der Waals surface area contributed by atoms with Gasteiger partial charge < -0.3 is 5.11 Å². The minimum absolute atomic E-state index is 0.111. The normalized spacial score (nSPS) is 6.56. The van der Waals surface area contributed by atoms with Crippen molar-refractivity contribution in [3.8, 4) is 0 Å². The maximum absolute atomic E-state index is 9.37. The molecule has 0 fully saturated rings. The summed E-state index contributed by atoms with van der Waals surface area (Å²) in [5.41, 5.74) is 0. The molecule has 0 rings (SSSR count). The second kappa shape index (κ2) is 11.5. The van der Waals surface area contributed by atoms with Crippen molar-refractivity contribution < 1.29 is 9.90 Å². The van der Waals surface area contributed by atoms with E-state index in [0.29, 0.717) is 0 Å². The summed E-state index contributed by atoms with van der Waals surface area (Å²) in [4.78, 5) is 9.37. The van der Waals surface area contributed by atoms with Crippen molar-refractivity contribution in [3.05, 3.63) is 0 Å². The number of carbonyl (C=O) groups is 1. The Labute approximate surface area is 74.9 Å². The number of hydrogen-bond donors (Lipinski definition) is 1. The van der Waals surface area contributed by atoms with Crippen LogP contribution in [0.1, 0.15) is 20.3 Å². The summed E-state index contributed by atoms with van der Waals surface area (Å²) in [6.45, 7) is 3.86. The predicted molar refractivity (Wildman–Crippen MR) is 40.0 cm³/mol. The molecule has 0 saturated heterocycles. The topological polar surface area (TPSA) is 37.3 Å². The second-order valence-electron chi connectivity index (χ2n) is 1.75. The van der Waals surface area contributed by atoms with Crippen LogP contribution in [0.3, 0.4) is 0 Å². The van der Waals surface area contributed by atoms with Gasteiger partial charge in [-0.3, -0.25) is 4.79 Å². The van der Waals surface area contributed by atoms with Gasteiger partial charge >= 0.3 is 52.3 Å². The van der Waals surface area contributed by atoms with Gasteiger partial charge in [0, 0.05) is 6.42 Å². The Morgan fingerprint density at radius 1 is 1.56 bits per heavy atom. The Bertz CT molecular complexity index is 62.1. The van der Waals surface area contributed by atoms with E-state index in [-0.39, 0.29) is 40.3 Å². The third-order valence-electron chi connectivity index (χ3n) is 0.802. The van der Waals surface area contributed by atoms with E-state index in [9.17, 15) is 4.79 Å². The molecule has 0 saturated carbocycles. The van der Waals surface area contributed by atoms with Crippen LogP contribution in [0, 0.1) is 0 Å². The zero-order chi connectivity index (χ0) is 7.70. The number of carboxylic acids is 1. The Morgan fingerprint density at radius 3 is 1.78 bits per heavy atom. The molecule has 52 valence electrons. The molecule has 2 nitrogen and oxygen atoms in total. The summed E-state index contributed by atoms with van der Waals surface area (Å²) in [6, 6.07) is 0. The Kier molecular flexibility index (Phi) is 15.9. The molecule has 0 aliphatic carbocycles. The van der Waals surface area contributed by atoms with Gasteiger partial charge in [0.15, 0.2) is 0 Å². The quantitative estimate of drug-likeness (QED) is 0.620. The molecule has 0 bridgehead atoms. The summed E-state index contributed by atoms with van der Waals surface area (Å²) in [5, 5.41) is 7.72. The van der Waals surface area contributed by atoms with E-state index in [1.54, 1.807) is 6.92 Å². The maximum atomic E-state index is 9.37. The van der Waals surface area contributed by atoms with Crippen LogP contribution in [0.5, 0.6) is 0 Å².